The zero-order chi connectivity index (χ0) is 26.4. The summed E-state index contributed by atoms with van der Waals surface area (Å²) in [6.07, 6.45) is 3.77. The fourth-order valence-corrected chi connectivity index (χ4v) is 4.58. The Morgan fingerprint density at radius 2 is 1.72 bits per heavy atom. The molecule has 1 fully saturated rings. The Balaban J connectivity index is 1.55. The van der Waals surface area contributed by atoms with Crippen molar-refractivity contribution in [3.8, 4) is 22.6 Å². The molecule has 0 N–H and O–H groups in total. The van der Waals surface area contributed by atoms with Gasteiger partial charge < -0.3 is 14.4 Å². The second-order valence-corrected chi connectivity index (χ2v) is 9.67. The molecule has 3 aromatic rings. The second-order valence-electron chi connectivity index (χ2n) is 9.67. The molecule has 1 aliphatic heterocycles. The molecule has 0 spiro atoms. The van der Waals surface area contributed by atoms with Gasteiger partial charge in [-0.15, -0.1) is 0 Å². The van der Waals surface area contributed by atoms with Crippen molar-refractivity contribution in [1.82, 2.24) is 4.98 Å². The van der Waals surface area contributed by atoms with Gasteiger partial charge in [0.1, 0.15) is 17.3 Å². The minimum absolute atomic E-state index is 0.0529. The van der Waals surface area contributed by atoms with Gasteiger partial charge in [-0.25, -0.2) is 4.98 Å². The van der Waals surface area contributed by atoms with E-state index in [2.05, 4.69) is 22.0 Å². The molecule has 6 heteroatoms. The molecule has 0 bridgehead atoms. The SMILES string of the molecule is [2H]C(C1CCN(c2ccc(OC)cc2)CC1)N(C(=O)CC(C)C)c1cc(-c2cccc(OC)c2)ccn1. The molecule has 0 saturated carbocycles. The molecule has 4 rings (SSSR count). The molecule has 6 nitrogen and oxygen atoms in total. The predicted octanol–water partition coefficient (Wildman–Crippen LogP) is 6.06. The lowest BCUT2D eigenvalue weighted by Gasteiger charge is -2.36. The van der Waals surface area contributed by atoms with Crippen LogP contribution in [0.1, 0.15) is 34.5 Å². The number of amides is 1. The zero-order valence-corrected chi connectivity index (χ0v) is 21.7. The number of carbonyl (C=O) groups excluding carboxylic acids is 1. The third-order valence-corrected chi connectivity index (χ3v) is 6.58. The number of benzene rings is 2. The Kier molecular flexibility index (Phi) is 8.01. The number of methoxy groups -OCH3 is 2. The smallest absolute Gasteiger partial charge is 0.228 e. The molecule has 0 aliphatic carbocycles. The highest BCUT2D eigenvalue weighted by Gasteiger charge is 2.26. The third-order valence-electron chi connectivity index (χ3n) is 6.58. The maximum Gasteiger partial charge on any atom is 0.228 e. The van der Waals surface area contributed by atoms with Crippen LogP contribution in [0.25, 0.3) is 11.1 Å². The number of carbonyl (C=O) groups is 1. The van der Waals surface area contributed by atoms with E-state index >= 15 is 0 Å². The van der Waals surface area contributed by atoms with Crippen LogP contribution >= 0.6 is 0 Å². The van der Waals surface area contributed by atoms with Crippen molar-refractivity contribution in [2.24, 2.45) is 11.8 Å². The predicted molar refractivity (Wildman–Crippen MR) is 146 cm³/mol. The average Bonchev–Trinajstić information content (AvgIpc) is 2.93. The topological polar surface area (TPSA) is 54.9 Å². The van der Waals surface area contributed by atoms with Crippen molar-refractivity contribution < 1.29 is 15.6 Å². The van der Waals surface area contributed by atoms with E-state index in [9.17, 15) is 6.17 Å². The summed E-state index contributed by atoms with van der Waals surface area (Å²) in [6.45, 7) is 5.05. The summed E-state index contributed by atoms with van der Waals surface area (Å²) in [6, 6.07) is 19.8. The van der Waals surface area contributed by atoms with Crippen molar-refractivity contribution >= 4 is 17.4 Å². The van der Waals surface area contributed by atoms with E-state index in [1.54, 1.807) is 25.3 Å². The minimum atomic E-state index is -0.697. The van der Waals surface area contributed by atoms with Crippen LogP contribution in [0, 0.1) is 11.8 Å². The fraction of sp³-hybridized carbons (Fsp3) is 0.400. The van der Waals surface area contributed by atoms with Crippen LogP contribution < -0.4 is 19.3 Å². The average molecular weight is 489 g/mol. The van der Waals surface area contributed by atoms with Crippen molar-refractivity contribution in [1.29, 1.82) is 0 Å². The first-order chi connectivity index (χ1) is 17.9. The molecule has 1 aromatic heterocycles. The summed E-state index contributed by atoms with van der Waals surface area (Å²) in [5.74, 6) is 2.35. The number of nitrogens with zero attached hydrogens (tertiary/aromatic N) is 3. The van der Waals surface area contributed by atoms with Crippen molar-refractivity contribution in [3.05, 3.63) is 66.9 Å². The number of ether oxygens (including phenoxy) is 2. The maximum atomic E-state index is 13.5. The van der Waals surface area contributed by atoms with Gasteiger partial charge in [-0.05, 0) is 84.3 Å². The lowest BCUT2D eigenvalue weighted by Crippen LogP contribution is -2.41. The Morgan fingerprint density at radius 3 is 2.39 bits per heavy atom. The molecule has 2 aromatic carbocycles. The first kappa shape index (κ1) is 24.2. The third kappa shape index (κ3) is 6.36. The molecule has 2 heterocycles. The van der Waals surface area contributed by atoms with Gasteiger partial charge >= 0.3 is 0 Å². The first-order valence-electron chi connectivity index (χ1n) is 13.2. The van der Waals surface area contributed by atoms with E-state index in [1.807, 2.05) is 62.4 Å². The Bertz CT molecular complexity index is 1180. The lowest BCUT2D eigenvalue weighted by molar-refractivity contribution is -0.119. The summed E-state index contributed by atoms with van der Waals surface area (Å²) in [5, 5.41) is 0. The summed E-state index contributed by atoms with van der Waals surface area (Å²) < 4.78 is 19.9. The van der Waals surface area contributed by atoms with Gasteiger partial charge in [-0.1, -0.05) is 26.0 Å². The molecular weight excluding hydrogens is 450 g/mol. The van der Waals surface area contributed by atoms with E-state index in [1.165, 1.54) is 0 Å². The first-order valence-corrected chi connectivity index (χ1v) is 12.6. The highest BCUT2D eigenvalue weighted by molar-refractivity contribution is 5.93. The number of piperidine rings is 1. The Morgan fingerprint density at radius 1 is 1.03 bits per heavy atom. The van der Waals surface area contributed by atoms with Crippen LogP contribution in [-0.2, 0) is 4.79 Å². The molecule has 1 atom stereocenters. The molecule has 1 unspecified atom stereocenters. The number of hydrogen-bond acceptors (Lipinski definition) is 5. The summed E-state index contributed by atoms with van der Waals surface area (Å²) >= 11 is 0. The number of anilines is 2. The van der Waals surface area contributed by atoms with Gasteiger partial charge in [0.2, 0.25) is 5.91 Å². The lowest BCUT2D eigenvalue weighted by atomic mass is 9.95. The van der Waals surface area contributed by atoms with Gasteiger partial charge in [0, 0.05) is 37.9 Å². The van der Waals surface area contributed by atoms with Gasteiger partial charge in [-0.2, -0.15) is 0 Å². The van der Waals surface area contributed by atoms with E-state index in [0.717, 1.165) is 54.2 Å². The number of rotatable bonds is 9. The molecular formula is C30H37N3O3. The van der Waals surface area contributed by atoms with E-state index in [0.29, 0.717) is 12.2 Å². The van der Waals surface area contributed by atoms with Crippen molar-refractivity contribution in [3.63, 3.8) is 0 Å². The normalized spacial score (nSPS) is 15.4. The molecule has 36 heavy (non-hydrogen) atoms. The largest absolute Gasteiger partial charge is 0.497 e. The van der Waals surface area contributed by atoms with E-state index < -0.39 is 6.52 Å². The summed E-state index contributed by atoms with van der Waals surface area (Å²) in [4.78, 5) is 22.0. The van der Waals surface area contributed by atoms with Crippen LogP contribution in [0.15, 0.2) is 66.9 Å². The van der Waals surface area contributed by atoms with Crippen molar-refractivity contribution in [2.45, 2.75) is 33.1 Å². The molecule has 1 saturated heterocycles. The van der Waals surface area contributed by atoms with Gasteiger partial charge in [0.25, 0.3) is 0 Å². The van der Waals surface area contributed by atoms with E-state index in [4.69, 9.17) is 9.47 Å². The standard InChI is InChI=1S/C30H37N3O3/c1-22(2)18-30(34)33(29-20-25(12-15-31-29)24-6-5-7-28(19-24)36-4)21-23-13-16-32(17-14-23)26-8-10-27(35-3)11-9-26/h5-12,15,19-20,22-23H,13-14,16-18,21H2,1-4H3/i21D. The summed E-state index contributed by atoms with van der Waals surface area (Å²) in [5.41, 5.74) is 3.07. The van der Waals surface area contributed by atoms with Crippen molar-refractivity contribution in [2.75, 3.05) is 43.6 Å². The van der Waals surface area contributed by atoms with Crippen LogP contribution in [-0.4, -0.2) is 44.7 Å². The van der Waals surface area contributed by atoms with E-state index in [-0.39, 0.29) is 17.7 Å². The zero-order valence-electron chi connectivity index (χ0n) is 22.7. The van der Waals surface area contributed by atoms with Gasteiger partial charge in [-0.3, -0.25) is 9.69 Å². The van der Waals surface area contributed by atoms with Crippen LogP contribution in [0.3, 0.4) is 0 Å². The number of aromatic nitrogens is 1. The Labute approximate surface area is 216 Å². The molecule has 0 radical (unpaired) electrons. The highest BCUT2D eigenvalue weighted by atomic mass is 16.5. The minimum Gasteiger partial charge on any atom is -0.497 e. The van der Waals surface area contributed by atoms with Crippen LogP contribution in [0.5, 0.6) is 11.5 Å². The van der Waals surface area contributed by atoms with Crippen LogP contribution in [0.2, 0.25) is 0 Å². The van der Waals surface area contributed by atoms with Gasteiger partial charge in [0.05, 0.1) is 15.6 Å². The number of pyridine rings is 1. The fourth-order valence-electron chi connectivity index (χ4n) is 4.58. The second kappa shape index (κ2) is 11.9. The number of hydrogen-bond donors (Lipinski definition) is 0. The monoisotopic (exact) mass is 488 g/mol. The summed E-state index contributed by atoms with van der Waals surface area (Å²) in [7, 11) is 3.32. The maximum absolute atomic E-state index is 13.5. The quantitative estimate of drug-likeness (QED) is 0.366. The molecule has 1 amide bonds. The molecule has 190 valence electrons. The Hall–Kier alpha value is -3.54. The van der Waals surface area contributed by atoms with Crippen LogP contribution in [0.4, 0.5) is 11.5 Å². The van der Waals surface area contributed by atoms with Gasteiger partial charge in [0.15, 0.2) is 0 Å². The highest BCUT2D eigenvalue weighted by Crippen LogP contribution is 2.30. The molecule has 1 aliphatic rings.